The van der Waals surface area contributed by atoms with Gasteiger partial charge in [-0.1, -0.05) is 6.07 Å². The first-order valence-electron chi connectivity index (χ1n) is 7.21. The number of rotatable bonds is 7. The summed E-state index contributed by atoms with van der Waals surface area (Å²) in [5.74, 6) is 0.395. The minimum atomic E-state index is -0.845. The molecule has 0 bridgehead atoms. The van der Waals surface area contributed by atoms with E-state index in [1.165, 1.54) is 19.2 Å². The lowest BCUT2D eigenvalue weighted by Crippen LogP contribution is -2.14. The summed E-state index contributed by atoms with van der Waals surface area (Å²) in [6.45, 7) is 4.68. The van der Waals surface area contributed by atoms with Crippen molar-refractivity contribution in [1.29, 1.82) is 0 Å². The third-order valence-corrected chi connectivity index (χ3v) is 3.46. The van der Waals surface area contributed by atoms with Crippen molar-refractivity contribution in [2.75, 3.05) is 13.7 Å². The quantitative estimate of drug-likeness (QED) is 0.854. The van der Waals surface area contributed by atoms with Gasteiger partial charge in [-0.2, -0.15) is 0 Å². The lowest BCUT2D eigenvalue weighted by Gasteiger charge is -2.17. The fraction of sp³-hybridized carbons (Fsp3) is 0.438. The highest BCUT2D eigenvalue weighted by molar-refractivity contribution is 5.30. The number of benzene rings is 1. The van der Waals surface area contributed by atoms with Gasteiger partial charge in [0, 0.05) is 19.0 Å². The summed E-state index contributed by atoms with van der Waals surface area (Å²) >= 11 is 0. The number of aliphatic hydroxyl groups is 1. The van der Waals surface area contributed by atoms with Crippen LogP contribution in [0.25, 0.3) is 0 Å². The average molecular weight is 308 g/mol. The molecule has 0 amide bonds. The maximum absolute atomic E-state index is 13.7. The highest BCUT2D eigenvalue weighted by atomic mass is 19.1. The van der Waals surface area contributed by atoms with Gasteiger partial charge in [-0.05, 0) is 31.5 Å². The molecule has 1 aromatic carbocycles. The Labute approximate surface area is 129 Å². The van der Waals surface area contributed by atoms with E-state index in [9.17, 15) is 9.50 Å². The smallest absolute Gasteiger partial charge is 0.165 e. The van der Waals surface area contributed by atoms with Crippen molar-refractivity contribution in [1.82, 2.24) is 9.55 Å². The lowest BCUT2D eigenvalue weighted by molar-refractivity contribution is 0.0644. The van der Waals surface area contributed by atoms with Crippen LogP contribution in [-0.4, -0.2) is 28.4 Å². The molecule has 0 spiro atoms. The molecule has 6 heteroatoms. The van der Waals surface area contributed by atoms with Crippen LogP contribution in [0.2, 0.25) is 0 Å². The molecule has 2 rings (SSSR count). The van der Waals surface area contributed by atoms with Gasteiger partial charge in [-0.15, -0.1) is 0 Å². The zero-order chi connectivity index (χ0) is 16.1. The summed E-state index contributed by atoms with van der Waals surface area (Å²) in [5.41, 5.74) is 0.488. The minimum Gasteiger partial charge on any atom is -0.494 e. The molecule has 0 aliphatic carbocycles. The van der Waals surface area contributed by atoms with E-state index in [2.05, 4.69) is 4.98 Å². The number of hydrogen-bond acceptors (Lipinski definition) is 4. The van der Waals surface area contributed by atoms with E-state index in [-0.39, 0.29) is 18.4 Å². The van der Waals surface area contributed by atoms with E-state index in [1.807, 2.05) is 18.4 Å². The molecular weight excluding hydrogens is 287 g/mol. The Balaban J connectivity index is 2.14. The van der Waals surface area contributed by atoms with E-state index in [1.54, 1.807) is 18.5 Å². The van der Waals surface area contributed by atoms with Crippen molar-refractivity contribution in [3.8, 4) is 5.75 Å². The van der Waals surface area contributed by atoms with E-state index < -0.39 is 11.9 Å². The summed E-state index contributed by atoms with van der Waals surface area (Å²) < 4.78 is 25.9. The molecule has 0 radical (unpaired) electrons. The maximum atomic E-state index is 13.7. The van der Waals surface area contributed by atoms with Crippen molar-refractivity contribution >= 4 is 0 Å². The predicted octanol–water partition coefficient (Wildman–Crippen LogP) is 2.86. The second-order valence-electron chi connectivity index (χ2n) is 4.95. The Morgan fingerprint density at radius 2 is 2.18 bits per heavy atom. The predicted molar refractivity (Wildman–Crippen MR) is 80.2 cm³/mol. The van der Waals surface area contributed by atoms with E-state index in [0.29, 0.717) is 12.2 Å². The SMILES string of the molecule is CCOC(C)c1nccn1CC(O)c1ccc(OC)c(F)c1. The zero-order valence-electron chi connectivity index (χ0n) is 13.0. The minimum absolute atomic E-state index is 0.157. The Hall–Kier alpha value is -1.92. The highest BCUT2D eigenvalue weighted by Crippen LogP contribution is 2.24. The van der Waals surface area contributed by atoms with Crippen LogP contribution in [0, 0.1) is 5.82 Å². The summed E-state index contributed by atoms with van der Waals surface area (Å²) in [6.07, 6.45) is 2.42. The molecule has 120 valence electrons. The van der Waals surface area contributed by atoms with Gasteiger partial charge in [0.15, 0.2) is 11.6 Å². The third-order valence-electron chi connectivity index (χ3n) is 3.46. The van der Waals surface area contributed by atoms with Crippen molar-refractivity contribution in [2.45, 2.75) is 32.6 Å². The van der Waals surface area contributed by atoms with Gasteiger partial charge in [0.1, 0.15) is 11.9 Å². The number of methoxy groups -OCH3 is 1. The Kier molecular flexibility index (Phi) is 5.51. The van der Waals surface area contributed by atoms with Crippen LogP contribution in [0.4, 0.5) is 4.39 Å². The molecule has 2 unspecified atom stereocenters. The summed E-state index contributed by atoms with van der Waals surface area (Å²) in [6, 6.07) is 4.44. The standard InChI is InChI=1S/C16H21FN2O3/c1-4-22-11(2)16-18-7-8-19(16)10-14(20)12-5-6-15(21-3)13(17)9-12/h5-9,11,14,20H,4,10H2,1-3H3. The summed E-state index contributed by atoms with van der Waals surface area (Å²) in [4.78, 5) is 4.26. The number of hydrogen-bond donors (Lipinski definition) is 1. The molecule has 22 heavy (non-hydrogen) atoms. The summed E-state index contributed by atoms with van der Waals surface area (Å²) in [7, 11) is 1.40. The van der Waals surface area contributed by atoms with Gasteiger partial charge in [0.2, 0.25) is 0 Å². The monoisotopic (exact) mass is 308 g/mol. The molecule has 0 fully saturated rings. The van der Waals surface area contributed by atoms with Crippen LogP contribution in [0.3, 0.4) is 0 Å². The number of aliphatic hydroxyl groups excluding tert-OH is 1. The molecule has 0 aliphatic heterocycles. The average Bonchev–Trinajstić information content (AvgIpc) is 2.95. The molecule has 0 aliphatic rings. The number of aromatic nitrogens is 2. The molecule has 5 nitrogen and oxygen atoms in total. The number of ether oxygens (including phenoxy) is 2. The molecule has 0 saturated heterocycles. The van der Waals surface area contributed by atoms with Crippen LogP contribution >= 0.6 is 0 Å². The zero-order valence-corrected chi connectivity index (χ0v) is 13.0. The van der Waals surface area contributed by atoms with Gasteiger partial charge in [0.25, 0.3) is 0 Å². The van der Waals surface area contributed by atoms with Crippen LogP contribution in [0.1, 0.15) is 37.4 Å². The van der Waals surface area contributed by atoms with Crippen LogP contribution in [0.5, 0.6) is 5.75 Å². The largest absolute Gasteiger partial charge is 0.494 e. The number of imidazole rings is 1. The molecule has 1 heterocycles. The second kappa shape index (κ2) is 7.38. The summed E-state index contributed by atoms with van der Waals surface area (Å²) in [5, 5.41) is 10.3. The van der Waals surface area contributed by atoms with Gasteiger partial charge in [-0.25, -0.2) is 9.37 Å². The highest BCUT2D eigenvalue weighted by Gasteiger charge is 2.16. The lowest BCUT2D eigenvalue weighted by atomic mass is 10.1. The van der Waals surface area contributed by atoms with Crippen LogP contribution < -0.4 is 4.74 Å². The fourth-order valence-corrected chi connectivity index (χ4v) is 2.34. The first-order valence-corrected chi connectivity index (χ1v) is 7.21. The molecule has 2 atom stereocenters. The molecule has 1 aromatic heterocycles. The van der Waals surface area contributed by atoms with Gasteiger partial charge in [-0.3, -0.25) is 0 Å². The fourth-order valence-electron chi connectivity index (χ4n) is 2.34. The normalized spacial score (nSPS) is 13.9. The Bertz CT molecular complexity index is 615. The maximum Gasteiger partial charge on any atom is 0.165 e. The van der Waals surface area contributed by atoms with Crippen LogP contribution in [-0.2, 0) is 11.3 Å². The Morgan fingerprint density at radius 3 is 2.82 bits per heavy atom. The topological polar surface area (TPSA) is 56.5 Å². The van der Waals surface area contributed by atoms with E-state index in [4.69, 9.17) is 9.47 Å². The van der Waals surface area contributed by atoms with Crippen molar-refractivity contribution in [3.05, 3.63) is 47.8 Å². The van der Waals surface area contributed by atoms with Crippen molar-refractivity contribution < 1.29 is 19.0 Å². The van der Waals surface area contributed by atoms with Gasteiger partial charge < -0.3 is 19.1 Å². The molecular formula is C16H21FN2O3. The van der Waals surface area contributed by atoms with E-state index in [0.717, 1.165) is 5.82 Å². The Morgan fingerprint density at radius 1 is 1.41 bits per heavy atom. The van der Waals surface area contributed by atoms with Crippen LogP contribution in [0.15, 0.2) is 30.6 Å². The first-order chi connectivity index (χ1) is 10.6. The van der Waals surface area contributed by atoms with Gasteiger partial charge >= 0.3 is 0 Å². The first kappa shape index (κ1) is 16.5. The number of nitrogens with zero attached hydrogens (tertiary/aromatic N) is 2. The molecule has 2 aromatic rings. The molecule has 1 N–H and O–H groups in total. The number of halogens is 1. The third kappa shape index (κ3) is 3.64. The van der Waals surface area contributed by atoms with E-state index >= 15 is 0 Å². The van der Waals surface area contributed by atoms with Gasteiger partial charge in [0.05, 0.1) is 19.8 Å². The van der Waals surface area contributed by atoms with Crippen molar-refractivity contribution in [3.63, 3.8) is 0 Å². The second-order valence-corrected chi connectivity index (χ2v) is 4.95. The molecule has 0 saturated carbocycles. The van der Waals surface area contributed by atoms with Crippen molar-refractivity contribution in [2.24, 2.45) is 0 Å².